The Hall–Kier alpha value is -1.91. The number of benzene rings is 2. The average molecular weight is 322 g/mol. The van der Waals surface area contributed by atoms with Crippen LogP contribution in [0, 0.1) is 12.7 Å². The van der Waals surface area contributed by atoms with Crippen molar-refractivity contribution < 1.29 is 14.5 Å². The minimum absolute atomic E-state index is 0.117. The summed E-state index contributed by atoms with van der Waals surface area (Å²) in [5.41, 5.74) is 2.11. The Kier molecular flexibility index (Phi) is 5.52. The number of quaternary nitrogens is 1. The predicted molar refractivity (Wildman–Crippen MR) is 86.4 cm³/mol. The largest absolute Gasteiger partial charge is 0.333 e. The predicted octanol–water partition coefficient (Wildman–Crippen LogP) is 3.05. The van der Waals surface area contributed by atoms with Gasteiger partial charge in [-0.3, -0.25) is 4.79 Å². The number of rotatable bonds is 5. The van der Waals surface area contributed by atoms with Crippen molar-refractivity contribution in [3.8, 4) is 0 Å². The first-order valence-electron chi connectivity index (χ1n) is 7.10. The molecule has 0 radical (unpaired) electrons. The van der Waals surface area contributed by atoms with E-state index >= 15 is 0 Å². The Morgan fingerprint density at radius 1 is 1.27 bits per heavy atom. The first-order chi connectivity index (χ1) is 10.5. The monoisotopic (exact) mass is 321 g/mol. The third-order valence-corrected chi connectivity index (χ3v) is 3.70. The van der Waals surface area contributed by atoms with Crippen LogP contribution >= 0.6 is 11.6 Å². The summed E-state index contributed by atoms with van der Waals surface area (Å²) in [6, 6.07) is 12.4. The number of amides is 1. The van der Waals surface area contributed by atoms with Gasteiger partial charge in [0.1, 0.15) is 11.9 Å². The number of carbonyl (C=O) groups excluding carboxylic acids is 1. The van der Waals surface area contributed by atoms with E-state index in [4.69, 9.17) is 11.6 Å². The number of hydrogen-bond donors (Lipinski definition) is 2. The lowest BCUT2D eigenvalue weighted by molar-refractivity contribution is -0.682. The van der Waals surface area contributed by atoms with Gasteiger partial charge in [-0.1, -0.05) is 29.8 Å². The van der Waals surface area contributed by atoms with Crippen LogP contribution in [0.15, 0.2) is 42.5 Å². The summed E-state index contributed by atoms with van der Waals surface area (Å²) >= 11 is 5.85. The van der Waals surface area contributed by atoms with E-state index < -0.39 is 5.82 Å². The molecule has 3 N–H and O–H groups in total. The number of halogens is 2. The molecule has 0 bridgehead atoms. The van der Waals surface area contributed by atoms with Gasteiger partial charge in [-0.05, 0) is 43.7 Å². The molecule has 0 aromatic heterocycles. The highest BCUT2D eigenvalue weighted by Gasteiger charge is 2.13. The fraction of sp³-hybridized carbons (Fsp3) is 0.235. The number of aryl methyl sites for hydroxylation is 1. The Morgan fingerprint density at radius 2 is 1.95 bits per heavy atom. The summed E-state index contributed by atoms with van der Waals surface area (Å²) in [5.74, 6) is -0.650. The van der Waals surface area contributed by atoms with E-state index in [-0.39, 0.29) is 24.2 Å². The summed E-state index contributed by atoms with van der Waals surface area (Å²) < 4.78 is 13.7. The summed E-state index contributed by atoms with van der Waals surface area (Å²) in [6.07, 6.45) is 0. The zero-order valence-corrected chi connectivity index (χ0v) is 13.3. The second kappa shape index (κ2) is 7.38. The van der Waals surface area contributed by atoms with E-state index in [1.54, 1.807) is 19.1 Å². The lowest BCUT2D eigenvalue weighted by Crippen LogP contribution is -2.86. The van der Waals surface area contributed by atoms with Crippen molar-refractivity contribution in [2.45, 2.75) is 19.9 Å². The first kappa shape index (κ1) is 16.5. The van der Waals surface area contributed by atoms with Gasteiger partial charge < -0.3 is 10.6 Å². The van der Waals surface area contributed by atoms with Crippen molar-refractivity contribution in [3.63, 3.8) is 0 Å². The highest BCUT2D eigenvalue weighted by molar-refractivity contribution is 6.30. The van der Waals surface area contributed by atoms with Crippen LogP contribution in [0.3, 0.4) is 0 Å². The highest BCUT2D eigenvalue weighted by atomic mass is 35.5. The normalized spacial score (nSPS) is 12.0. The quantitative estimate of drug-likeness (QED) is 0.873. The van der Waals surface area contributed by atoms with Crippen LogP contribution in [0.1, 0.15) is 24.1 Å². The molecule has 22 heavy (non-hydrogen) atoms. The number of anilines is 1. The first-order valence-corrected chi connectivity index (χ1v) is 7.48. The molecule has 0 saturated carbocycles. The molecule has 0 heterocycles. The van der Waals surface area contributed by atoms with E-state index in [1.807, 2.05) is 36.5 Å². The van der Waals surface area contributed by atoms with E-state index in [1.165, 1.54) is 6.07 Å². The Morgan fingerprint density at radius 3 is 2.59 bits per heavy atom. The second-order valence-electron chi connectivity index (χ2n) is 5.31. The van der Waals surface area contributed by atoms with Crippen LogP contribution in [0.25, 0.3) is 0 Å². The van der Waals surface area contributed by atoms with Crippen molar-refractivity contribution in [1.29, 1.82) is 0 Å². The molecular formula is C17H19ClFN2O+. The van der Waals surface area contributed by atoms with Gasteiger partial charge in [-0.2, -0.15) is 0 Å². The number of nitrogens with two attached hydrogens (primary N) is 1. The summed E-state index contributed by atoms with van der Waals surface area (Å²) in [5, 5.41) is 5.16. The zero-order chi connectivity index (χ0) is 16.1. The van der Waals surface area contributed by atoms with E-state index in [9.17, 15) is 9.18 Å². The van der Waals surface area contributed by atoms with Crippen LogP contribution in [0.4, 0.5) is 10.1 Å². The van der Waals surface area contributed by atoms with Gasteiger partial charge in [0.25, 0.3) is 5.91 Å². The van der Waals surface area contributed by atoms with E-state index in [2.05, 4.69) is 5.32 Å². The molecule has 1 amide bonds. The van der Waals surface area contributed by atoms with E-state index in [0.29, 0.717) is 5.02 Å². The van der Waals surface area contributed by atoms with Gasteiger partial charge in [0.2, 0.25) is 0 Å². The minimum atomic E-state index is -0.418. The Balaban J connectivity index is 1.88. The molecule has 0 aliphatic rings. The highest BCUT2D eigenvalue weighted by Crippen LogP contribution is 2.15. The molecule has 116 valence electrons. The zero-order valence-electron chi connectivity index (χ0n) is 12.6. The van der Waals surface area contributed by atoms with Crippen molar-refractivity contribution in [1.82, 2.24) is 0 Å². The SMILES string of the molecule is Cc1ccc(NC(=O)C[NH2+][C@@H](C)c2ccc(Cl)cc2)c(F)c1. The lowest BCUT2D eigenvalue weighted by atomic mass is 10.1. The van der Waals surface area contributed by atoms with Crippen LogP contribution in [-0.4, -0.2) is 12.5 Å². The molecule has 5 heteroatoms. The molecule has 0 fully saturated rings. The molecule has 2 rings (SSSR count). The Bertz CT molecular complexity index is 658. The van der Waals surface area contributed by atoms with Gasteiger partial charge >= 0.3 is 0 Å². The Labute approximate surface area is 134 Å². The van der Waals surface area contributed by atoms with Gasteiger partial charge in [0, 0.05) is 10.6 Å². The van der Waals surface area contributed by atoms with Crippen LogP contribution < -0.4 is 10.6 Å². The van der Waals surface area contributed by atoms with Gasteiger partial charge in [-0.25, -0.2) is 4.39 Å². The molecule has 0 aliphatic heterocycles. The molecule has 2 aromatic carbocycles. The maximum absolute atomic E-state index is 13.7. The standard InChI is InChI=1S/C17H18ClFN2O/c1-11-3-8-16(15(19)9-11)21-17(22)10-20-12(2)13-4-6-14(18)7-5-13/h3-9,12,20H,10H2,1-2H3,(H,21,22)/p+1/t12-/m0/s1. The maximum atomic E-state index is 13.7. The molecule has 0 saturated heterocycles. The number of nitrogens with one attached hydrogen (secondary N) is 1. The molecule has 3 nitrogen and oxygen atoms in total. The molecular weight excluding hydrogens is 303 g/mol. The molecule has 1 atom stereocenters. The smallest absolute Gasteiger partial charge is 0.279 e. The van der Waals surface area contributed by atoms with Crippen LogP contribution in [0.2, 0.25) is 5.02 Å². The van der Waals surface area contributed by atoms with Gasteiger partial charge in [-0.15, -0.1) is 0 Å². The van der Waals surface area contributed by atoms with Crippen LogP contribution in [-0.2, 0) is 4.79 Å². The summed E-state index contributed by atoms with van der Waals surface area (Å²) in [6.45, 7) is 4.02. The van der Waals surface area contributed by atoms with Crippen molar-refractivity contribution in [3.05, 3.63) is 64.4 Å². The fourth-order valence-electron chi connectivity index (χ4n) is 2.11. The lowest BCUT2D eigenvalue weighted by Gasteiger charge is -2.11. The average Bonchev–Trinajstić information content (AvgIpc) is 2.48. The van der Waals surface area contributed by atoms with Crippen molar-refractivity contribution in [2.75, 3.05) is 11.9 Å². The summed E-state index contributed by atoms with van der Waals surface area (Å²) in [4.78, 5) is 11.9. The molecule has 0 unspecified atom stereocenters. The molecule has 0 spiro atoms. The molecule has 0 aliphatic carbocycles. The fourth-order valence-corrected chi connectivity index (χ4v) is 2.23. The van der Waals surface area contributed by atoms with E-state index in [0.717, 1.165) is 11.1 Å². The van der Waals surface area contributed by atoms with Crippen LogP contribution in [0.5, 0.6) is 0 Å². The van der Waals surface area contributed by atoms with Gasteiger partial charge in [0.05, 0.1) is 5.69 Å². The summed E-state index contributed by atoms with van der Waals surface area (Å²) in [7, 11) is 0. The minimum Gasteiger partial charge on any atom is -0.333 e. The third-order valence-electron chi connectivity index (χ3n) is 3.45. The van der Waals surface area contributed by atoms with Crippen molar-refractivity contribution >= 4 is 23.2 Å². The third kappa shape index (κ3) is 4.55. The maximum Gasteiger partial charge on any atom is 0.279 e. The second-order valence-corrected chi connectivity index (χ2v) is 5.75. The number of hydrogen-bond acceptors (Lipinski definition) is 1. The van der Waals surface area contributed by atoms with Crippen molar-refractivity contribution in [2.24, 2.45) is 0 Å². The van der Waals surface area contributed by atoms with Gasteiger partial charge in [0.15, 0.2) is 6.54 Å². The molecule has 2 aromatic rings. The topological polar surface area (TPSA) is 45.7 Å². The number of carbonyl (C=O) groups is 1.